The molecule has 0 aliphatic carbocycles. The molecule has 0 aliphatic rings. The molecule has 1 unspecified atom stereocenters. The molecule has 20 heavy (non-hydrogen) atoms. The van der Waals surface area contributed by atoms with Crippen LogP contribution in [0.15, 0.2) is 46.9 Å². The highest BCUT2D eigenvalue weighted by Gasteiger charge is 2.35. The van der Waals surface area contributed by atoms with Crippen molar-refractivity contribution in [2.75, 3.05) is 0 Å². The molecule has 0 spiro atoms. The molecule has 6 heteroatoms. The first kappa shape index (κ1) is 15.0. The van der Waals surface area contributed by atoms with Crippen LogP contribution in [0.4, 0.5) is 17.6 Å². The summed E-state index contributed by atoms with van der Waals surface area (Å²) in [6, 6.07) is 8.22. The van der Waals surface area contributed by atoms with Gasteiger partial charge in [0.25, 0.3) is 0 Å². The van der Waals surface area contributed by atoms with Crippen molar-refractivity contribution in [3.8, 4) is 0 Å². The van der Waals surface area contributed by atoms with Crippen molar-refractivity contribution in [2.24, 2.45) is 0 Å². The highest BCUT2D eigenvalue weighted by atomic mass is 79.9. The summed E-state index contributed by atoms with van der Waals surface area (Å²) in [7, 11) is 0. The fourth-order valence-electron chi connectivity index (χ4n) is 1.91. The highest BCUT2D eigenvalue weighted by molar-refractivity contribution is 9.10. The summed E-state index contributed by atoms with van der Waals surface area (Å²) in [5, 5.41) is 10.1. The van der Waals surface area contributed by atoms with Crippen LogP contribution < -0.4 is 0 Å². The summed E-state index contributed by atoms with van der Waals surface area (Å²) in [4.78, 5) is 0. The summed E-state index contributed by atoms with van der Waals surface area (Å²) in [6.07, 6.45) is -6.14. The fourth-order valence-corrected chi connectivity index (χ4v) is 2.39. The zero-order chi connectivity index (χ0) is 14.9. The molecule has 0 bridgehead atoms. The standard InChI is InChI=1S/C14H9BrF4O/c15-9-5-8(6-10(16)7-9)13(20)11-3-1-2-4-12(11)14(17,18)19/h1-7,13,20H. The summed E-state index contributed by atoms with van der Waals surface area (Å²) >= 11 is 3.04. The van der Waals surface area contributed by atoms with Gasteiger partial charge in [0.05, 0.1) is 5.56 Å². The quantitative estimate of drug-likeness (QED) is 0.780. The van der Waals surface area contributed by atoms with Gasteiger partial charge in [0.15, 0.2) is 0 Å². The van der Waals surface area contributed by atoms with Crippen molar-refractivity contribution in [1.29, 1.82) is 0 Å². The molecular formula is C14H9BrF4O. The molecule has 0 fully saturated rings. The van der Waals surface area contributed by atoms with E-state index < -0.39 is 23.7 Å². The molecule has 2 aromatic rings. The lowest BCUT2D eigenvalue weighted by molar-refractivity contribution is -0.139. The number of halogens is 5. The topological polar surface area (TPSA) is 20.2 Å². The molecule has 0 radical (unpaired) electrons. The van der Waals surface area contributed by atoms with Crippen molar-refractivity contribution >= 4 is 15.9 Å². The Morgan fingerprint density at radius 3 is 2.30 bits per heavy atom. The van der Waals surface area contributed by atoms with Gasteiger partial charge in [0, 0.05) is 4.47 Å². The monoisotopic (exact) mass is 348 g/mol. The van der Waals surface area contributed by atoms with E-state index >= 15 is 0 Å². The van der Waals surface area contributed by atoms with Gasteiger partial charge in [-0.05, 0) is 35.4 Å². The number of alkyl halides is 3. The van der Waals surface area contributed by atoms with Crippen molar-refractivity contribution in [2.45, 2.75) is 12.3 Å². The van der Waals surface area contributed by atoms with Gasteiger partial charge in [0.2, 0.25) is 0 Å². The Bertz CT molecular complexity index is 605. The van der Waals surface area contributed by atoms with Crippen LogP contribution in [0.1, 0.15) is 22.8 Å². The SMILES string of the molecule is OC(c1cc(F)cc(Br)c1)c1ccccc1C(F)(F)F. The van der Waals surface area contributed by atoms with Crippen molar-refractivity contribution < 1.29 is 22.7 Å². The summed E-state index contributed by atoms with van der Waals surface area (Å²) in [5.74, 6) is -0.641. The van der Waals surface area contributed by atoms with Crippen LogP contribution in [-0.2, 0) is 6.18 Å². The van der Waals surface area contributed by atoms with Crippen LogP contribution in [-0.4, -0.2) is 5.11 Å². The Balaban J connectivity index is 2.51. The van der Waals surface area contributed by atoms with E-state index in [0.717, 1.165) is 18.2 Å². The maximum Gasteiger partial charge on any atom is 0.416 e. The lowest BCUT2D eigenvalue weighted by Gasteiger charge is -2.18. The Labute approximate surface area is 121 Å². The molecule has 0 heterocycles. The highest BCUT2D eigenvalue weighted by Crippen LogP contribution is 2.36. The van der Waals surface area contributed by atoms with Crippen LogP contribution in [0, 0.1) is 5.82 Å². The van der Waals surface area contributed by atoms with Crippen LogP contribution in [0.25, 0.3) is 0 Å². The second-order valence-electron chi connectivity index (χ2n) is 4.19. The maximum absolute atomic E-state index is 13.3. The zero-order valence-electron chi connectivity index (χ0n) is 9.96. The first-order valence-corrected chi connectivity index (χ1v) is 6.38. The average Bonchev–Trinajstić information content (AvgIpc) is 2.35. The first-order valence-electron chi connectivity index (χ1n) is 5.59. The fraction of sp³-hybridized carbons (Fsp3) is 0.143. The van der Waals surface area contributed by atoms with E-state index in [0.29, 0.717) is 4.47 Å². The predicted octanol–water partition coefficient (Wildman–Crippen LogP) is 4.69. The number of aliphatic hydroxyl groups excluding tert-OH is 1. The minimum Gasteiger partial charge on any atom is -0.384 e. The molecule has 1 atom stereocenters. The van der Waals surface area contributed by atoms with Gasteiger partial charge in [-0.2, -0.15) is 13.2 Å². The molecule has 106 valence electrons. The van der Waals surface area contributed by atoms with Gasteiger partial charge >= 0.3 is 6.18 Å². The minimum atomic E-state index is -4.58. The van der Waals surface area contributed by atoms with E-state index in [2.05, 4.69) is 15.9 Å². The van der Waals surface area contributed by atoms with Crippen LogP contribution >= 0.6 is 15.9 Å². The Hall–Kier alpha value is -1.40. The van der Waals surface area contributed by atoms with E-state index in [-0.39, 0.29) is 11.1 Å². The normalized spacial score (nSPS) is 13.3. The van der Waals surface area contributed by atoms with Crippen LogP contribution in [0.2, 0.25) is 0 Å². The third-order valence-electron chi connectivity index (χ3n) is 2.76. The molecular weight excluding hydrogens is 340 g/mol. The number of rotatable bonds is 2. The molecule has 2 aromatic carbocycles. The lowest BCUT2D eigenvalue weighted by atomic mass is 9.96. The van der Waals surface area contributed by atoms with Crippen molar-refractivity contribution in [3.63, 3.8) is 0 Å². The second kappa shape index (κ2) is 5.54. The zero-order valence-corrected chi connectivity index (χ0v) is 11.5. The molecule has 0 amide bonds. The number of aliphatic hydroxyl groups is 1. The third kappa shape index (κ3) is 3.19. The molecule has 0 saturated carbocycles. The summed E-state index contributed by atoms with van der Waals surface area (Å²) in [6.45, 7) is 0. The third-order valence-corrected chi connectivity index (χ3v) is 3.22. The molecule has 0 saturated heterocycles. The maximum atomic E-state index is 13.3. The Morgan fingerprint density at radius 2 is 1.70 bits per heavy atom. The van der Waals surface area contributed by atoms with E-state index in [1.807, 2.05) is 0 Å². The predicted molar refractivity (Wildman–Crippen MR) is 69.6 cm³/mol. The van der Waals surface area contributed by atoms with E-state index in [1.165, 1.54) is 24.3 Å². The van der Waals surface area contributed by atoms with Crippen molar-refractivity contribution in [3.05, 3.63) is 69.4 Å². The van der Waals surface area contributed by atoms with Gasteiger partial charge in [-0.25, -0.2) is 4.39 Å². The second-order valence-corrected chi connectivity index (χ2v) is 5.11. The average molecular weight is 349 g/mol. The lowest BCUT2D eigenvalue weighted by Crippen LogP contribution is -2.12. The molecule has 0 aromatic heterocycles. The number of hydrogen-bond donors (Lipinski definition) is 1. The van der Waals surface area contributed by atoms with Crippen molar-refractivity contribution in [1.82, 2.24) is 0 Å². The van der Waals surface area contributed by atoms with Gasteiger partial charge in [-0.3, -0.25) is 0 Å². The molecule has 0 aliphatic heterocycles. The minimum absolute atomic E-state index is 0.0496. The Kier molecular flexibility index (Phi) is 4.15. The summed E-state index contributed by atoms with van der Waals surface area (Å²) in [5.41, 5.74) is -1.20. The Morgan fingerprint density at radius 1 is 1.05 bits per heavy atom. The first-order chi connectivity index (χ1) is 9.29. The number of hydrogen-bond acceptors (Lipinski definition) is 1. The van der Waals surface area contributed by atoms with E-state index in [1.54, 1.807) is 0 Å². The molecule has 2 rings (SSSR count). The smallest absolute Gasteiger partial charge is 0.384 e. The largest absolute Gasteiger partial charge is 0.416 e. The van der Waals surface area contributed by atoms with Gasteiger partial charge < -0.3 is 5.11 Å². The van der Waals surface area contributed by atoms with Gasteiger partial charge in [0.1, 0.15) is 11.9 Å². The van der Waals surface area contributed by atoms with Crippen LogP contribution in [0.5, 0.6) is 0 Å². The van der Waals surface area contributed by atoms with Crippen LogP contribution in [0.3, 0.4) is 0 Å². The van der Waals surface area contributed by atoms with Gasteiger partial charge in [-0.1, -0.05) is 34.1 Å². The molecule has 1 nitrogen and oxygen atoms in total. The molecule has 1 N–H and O–H groups in total. The van der Waals surface area contributed by atoms with E-state index in [4.69, 9.17) is 0 Å². The number of benzene rings is 2. The van der Waals surface area contributed by atoms with E-state index in [9.17, 15) is 22.7 Å². The van der Waals surface area contributed by atoms with Gasteiger partial charge in [-0.15, -0.1) is 0 Å². The summed E-state index contributed by atoms with van der Waals surface area (Å²) < 4.78 is 52.3.